The van der Waals surface area contributed by atoms with E-state index in [2.05, 4.69) is 20.4 Å². The minimum atomic E-state index is -0.405. The number of hydrogen-bond acceptors (Lipinski definition) is 2. The lowest BCUT2D eigenvalue weighted by molar-refractivity contribution is 0.307. The second-order valence-electron chi connectivity index (χ2n) is 7.15. The molecule has 0 aliphatic rings. The molecule has 0 amide bonds. The van der Waals surface area contributed by atoms with Crippen molar-refractivity contribution in [2.24, 2.45) is 0 Å². The fourth-order valence-corrected chi connectivity index (χ4v) is 3.75. The van der Waals surface area contributed by atoms with E-state index in [4.69, 9.17) is 39.5 Å². The molecule has 2 rings (SSSR count). The van der Waals surface area contributed by atoms with Gasteiger partial charge in [0.15, 0.2) is 5.75 Å². The zero-order chi connectivity index (χ0) is 20.2. The molecule has 0 heterocycles. The van der Waals surface area contributed by atoms with Crippen molar-refractivity contribution in [3.63, 3.8) is 0 Å². The second kappa shape index (κ2) is 9.23. The van der Waals surface area contributed by atoms with Gasteiger partial charge in [-0.1, -0.05) is 60.8 Å². The van der Waals surface area contributed by atoms with Crippen molar-refractivity contribution in [2.45, 2.75) is 45.4 Å². The monoisotopic (exact) mass is 426 g/mol. The number of aryl methyl sites for hydroxylation is 1. The summed E-state index contributed by atoms with van der Waals surface area (Å²) >= 11 is 19.1. The fraction of sp³-hybridized carbons (Fsp3) is 0.364. The van der Waals surface area contributed by atoms with Crippen LogP contribution in [0.4, 0.5) is 0 Å². The third-order valence-corrected chi connectivity index (χ3v) is 5.59. The van der Waals surface area contributed by atoms with Gasteiger partial charge in [0.1, 0.15) is 5.75 Å². The Morgan fingerprint density at radius 2 is 1.56 bits per heavy atom. The maximum atomic E-state index is 9.93. The number of phenols is 1. The van der Waals surface area contributed by atoms with Crippen molar-refractivity contribution < 1.29 is 9.84 Å². The normalized spacial score (nSPS) is 11.5. The van der Waals surface area contributed by atoms with Crippen LogP contribution >= 0.6 is 34.8 Å². The van der Waals surface area contributed by atoms with Crippen LogP contribution < -0.4 is 4.74 Å². The predicted octanol–water partition coefficient (Wildman–Crippen LogP) is 7.72. The van der Waals surface area contributed by atoms with Crippen molar-refractivity contribution in [3.8, 4) is 11.5 Å². The number of benzene rings is 2. The predicted molar refractivity (Wildman–Crippen MR) is 116 cm³/mol. The molecule has 146 valence electrons. The van der Waals surface area contributed by atoms with Gasteiger partial charge in [-0.3, -0.25) is 0 Å². The summed E-state index contributed by atoms with van der Waals surface area (Å²) < 4.78 is 5.79. The molecule has 0 saturated carbocycles. The smallest absolute Gasteiger partial charge is 0.156 e. The average molecular weight is 428 g/mol. The van der Waals surface area contributed by atoms with Gasteiger partial charge in [0.25, 0.3) is 0 Å². The van der Waals surface area contributed by atoms with Gasteiger partial charge in [0.2, 0.25) is 0 Å². The lowest BCUT2D eigenvalue weighted by Crippen LogP contribution is -2.19. The Bertz CT molecular complexity index is 782. The third kappa shape index (κ3) is 5.13. The molecule has 0 unspecified atom stereocenters. The molecule has 5 heteroatoms. The van der Waals surface area contributed by atoms with Crippen LogP contribution in [0.2, 0.25) is 15.1 Å². The number of phenolic OH excluding ortho intramolecular Hbond substituents is 1. The Morgan fingerprint density at radius 3 is 2.11 bits per heavy atom. The lowest BCUT2D eigenvalue weighted by atomic mass is 9.77. The van der Waals surface area contributed by atoms with Gasteiger partial charge in [-0.2, -0.15) is 0 Å². The van der Waals surface area contributed by atoms with E-state index in [0.29, 0.717) is 27.4 Å². The molecular formula is C22H25Cl3O2. The average Bonchev–Trinajstić information content (AvgIpc) is 2.60. The summed E-state index contributed by atoms with van der Waals surface area (Å²) in [6.45, 7) is 10.2. The van der Waals surface area contributed by atoms with Gasteiger partial charge in [0, 0.05) is 5.41 Å². The van der Waals surface area contributed by atoms with E-state index in [-0.39, 0.29) is 5.75 Å². The molecular weight excluding hydrogens is 403 g/mol. The largest absolute Gasteiger partial charge is 0.506 e. The van der Waals surface area contributed by atoms with E-state index in [1.807, 2.05) is 31.2 Å². The molecule has 0 atom stereocenters. The molecule has 2 aromatic carbocycles. The van der Waals surface area contributed by atoms with Gasteiger partial charge in [-0.25, -0.2) is 0 Å². The molecule has 0 spiro atoms. The fourth-order valence-electron chi connectivity index (χ4n) is 2.89. The molecule has 0 aromatic heterocycles. The van der Waals surface area contributed by atoms with E-state index in [1.165, 1.54) is 0 Å². The first-order chi connectivity index (χ1) is 12.7. The highest BCUT2D eigenvalue weighted by atomic mass is 35.5. The van der Waals surface area contributed by atoms with Crippen LogP contribution in [-0.4, -0.2) is 11.7 Å². The van der Waals surface area contributed by atoms with Crippen molar-refractivity contribution in [2.75, 3.05) is 6.61 Å². The Labute approximate surface area is 176 Å². The van der Waals surface area contributed by atoms with E-state index in [1.54, 1.807) is 6.07 Å². The molecule has 1 N–H and O–H groups in total. The summed E-state index contributed by atoms with van der Waals surface area (Å²) in [5, 5.41) is 11.2. The van der Waals surface area contributed by atoms with Crippen LogP contribution in [0, 0.1) is 6.92 Å². The van der Waals surface area contributed by atoms with Crippen LogP contribution in [0.25, 0.3) is 0 Å². The first kappa shape index (κ1) is 21.9. The van der Waals surface area contributed by atoms with E-state index < -0.39 is 5.41 Å². The van der Waals surface area contributed by atoms with Gasteiger partial charge >= 0.3 is 0 Å². The van der Waals surface area contributed by atoms with Crippen LogP contribution in [0.15, 0.2) is 36.9 Å². The standard InChI is InChI=1S/C22H25Cl3O2/c1-5-6-7-8-9-27-21-18(24)12-16(13-19(21)25)22(3,4)15-10-14(2)20(26)17(23)11-15/h5,10-13,26H,1,6-9H2,2-4H3. The first-order valence-electron chi connectivity index (χ1n) is 8.91. The SMILES string of the molecule is C=CCCCCOc1c(Cl)cc(C(C)(C)c2cc(C)c(O)c(Cl)c2)cc1Cl. The number of unbranched alkanes of at least 4 members (excludes halogenated alkanes) is 2. The first-order valence-corrected chi connectivity index (χ1v) is 10.0. The number of allylic oxidation sites excluding steroid dienone is 1. The summed E-state index contributed by atoms with van der Waals surface area (Å²) in [7, 11) is 0. The molecule has 0 fully saturated rings. The van der Waals surface area contributed by atoms with Crippen LogP contribution in [0.1, 0.15) is 49.8 Å². The molecule has 0 aliphatic carbocycles. The molecule has 27 heavy (non-hydrogen) atoms. The molecule has 2 nitrogen and oxygen atoms in total. The van der Waals surface area contributed by atoms with E-state index in [0.717, 1.165) is 36.0 Å². The van der Waals surface area contributed by atoms with E-state index >= 15 is 0 Å². The van der Waals surface area contributed by atoms with Gasteiger partial charge in [0.05, 0.1) is 21.7 Å². The van der Waals surface area contributed by atoms with Gasteiger partial charge in [-0.05, 0) is 61.1 Å². The number of hydrogen-bond donors (Lipinski definition) is 1. The summed E-state index contributed by atoms with van der Waals surface area (Å²) in [4.78, 5) is 0. The molecule has 0 radical (unpaired) electrons. The minimum absolute atomic E-state index is 0.104. The van der Waals surface area contributed by atoms with E-state index in [9.17, 15) is 5.11 Å². The summed E-state index contributed by atoms with van der Waals surface area (Å²) in [6.07, 6.45) is 4.79. The number of rotatable bonds is 8. The molecule has 2 aromatic rings. The topological polar surface area (TPSA) is 29.5 Å². The number of halogens is 3. The number of aromatic hydroxyl groups is 1. The lowest BCUT2D eigenvalue weighted by Gasteiger charge is -2.28. The van der Waals surface area contributed by atoms with Crippen molar-refractivity contribution in [1.82, 2.24) is 0 Å². The van der Waals surface area contributed by atoms with Crippen LogP contribution in [-0.2, 0) is 5.41 Å². The highest BCUT2D eigenvalue weighted by molar-refractivity contribution is 6.37. The number of ether oxygens (including phenoxy) is 1. The zero-order valence-electron chi connectivity index (χ0n) is 15.9. The van der Waals surface area contributed by atoms with Gasteiger partial charge in [-0.15, -0.1) is 6.58 Å². The van der Waals surface area contributed by atoms with Gasteiger partial charge < -0.3 is 9.84 Å². The van der Waals surface area contributed by atoms with Crippen LogP contribution in [0.3, 0.4) is 0 Å². The quantitative estimate of drug-likeness (QED) is 0.345. The maximum absolute atomic E-state index is 9.93. The Kier molecular flexibility index (Phi) is 7.50. The second-order valence-corrected chi connectivity index (χ2v) is 8.37. The van der Waals surface area contributed by atoms with Crippen molar-refractivity contribution >= 4 is 34.8 Å². The zero-order valence-corrected chi connectivity index (χ0v) is 18.2. The third-order valence-electron chi connectivity index (χ3n) is 4.74. The van der Waals surface area contributed by atoms with Crippen molar-refractivity contribution in [1.29, 1.82) is 0 Å². The highest BCUT2D eigenvalue weighted by Crippen LogP contribution is 2.42. The Morgan fingerprint density at radius 1 is 1.00 bits per heavy atom. The Balaban J connectivity index is 2.29. The molecule has 0 saturated heterocycles. The summed E-state index contributed by atoms with van der Waals surface area (Å²) in [5.41, 5.74) is 2.23. The summed E-state index contributed by atoms with van der Waals surface area (Å²) in [6, 6.07) is 7.45. The van der Waals surface area contributed by atoms with Crippen LogP contribution in [0.5, 0.6) is 11.5 Å². The Hall–Kier alpha value is -1.35. The minimum Gasteiger partial charge on any atom is -0.506 e. The highest BCUT2D eigenvalue weighted by Gasteiger charge is 2.27. The molecule has 0 bridgehead atoms. The maximum Gasteiger partial charge on any atom is 0.156 e. The summed E-state index contributed by atoms with van der Waals surface area (Å²) in [5.74, 6) is 0.615. The molecule has 0 aliphatic heterocycles. The van der Waals surface area contributed by atoms with Crippen molar-refractivity contribution in [3.05, 3.63) is 68.7 Å².